The van der Waals surface area contributed by atoms with Gasteiger partial charge in [0.15, 0.2) is 0 Å². The maximum absolute atomic E-state index is 13.3. The molecule has 0 bridgehead atoms. The fraction of sp³-hybridized carbons (Fsp3) is 0.115. The minimum absolute atomic E-state index is 0.299. The van der Waals surface area contributed by atoms with Crippen molar-refractivity contribution in [3.8, 4) is 5.75 Å². The topological polar surface area (TPSA) is 66.9 Å². The molecule has 0 unspecified atom stereocenters. The Morgan fingerprint density at radius 2 is 1.34 bits per heavy atom. The predicted octanol–water partition coefficient (Wildman–Crippen LogP) is 3.79. The van der Waals surface area contributed by atoms with Gasteiger partial charge in [0.1, 0.15) is 11.8 Å². The molecule has 1 fully saturated rings. The Morgan fingerprint density at radius 1 is 0.750 bits per heavy atom. The van der Waals surface area contributed by atoms with Gasteiger partial charge >= 0.3 is 0 Å². The highest BCUT2D eigenvalue weighted by molar-refractivity contribution is 6.24. The van der Waals surface area contributed by atoms with Crippen molar-refractivity contribution in [1.29, 1.82) is 0 Å². The van der Waals surface area contributed by atoms with Crippen molar-refractivity contribution in [3.05, 3.63) is 102 Å². The zero-order valence-corrected chi connectivity index (χ0v) is 17.3. The number of imide groups is 1. The van der Waals surface area contributed by atoms with Gasteiger partial charge in [0.25, 0.3) is 17.7 Å². The molecule has 0 aromatic heterocycles. The van der Waals surface area contributed by atoms with Crippen LogP contribution in [-0.4, -0.2) is 41.8 Å². The zero-order valence-electron chi connectivity index (χ0n) is 17.3. The number of ether oxygens (including phenoxy) is 1. The van der Waals surface area contributed by atoms with Crippen LogP contribution in [0, 0.1) is 0 Å². The van der Waals surface area contributed by atoms with Gasteiger partial charge in [0, 0.05) is 5.69 Å². The van der Waals surface area contributed by atoms with Gasteiger partial charge < -0.3 is 9.64 Å². The average molecular weight is 424 g/mol. The number of anilines is 1. The molecule has 0 radical (unpaired) electrons. The van der Waals surface area contributed by atoms with Gasteiger partial charge in [-0.2, -0.15) is 0 Å². The lowest BCUT2D eigenvalue weighted by Gasteiger charge is -2.48. The van der Waals surface area contributed by atoms with Crippen molar-refractivity contribution in [3.63, 3.8) is 0 Å². The van der Waals surface area contributed by atoms with E-state index in [9.17, 15) is 14.4 Å². The molecule has 2 heterocycles. The van der Waals surface area contributed by atoms with Gasteiger partial charge in [0.2, 0.25) is 0 Å². The Labute approximate surface area is 185 Å². The van der Waals surface area contributed by atoms with Crippen LogP contribution in [0.15, 0.2) is 84.9 Å². The lowest BCUT2D eigenvalue weighted by Crippen LogP contribution is -2.71. The second kappa shape index (κ2) is 7.81. The SMILES string of the molecule is COc1ccc(N2C(=O)[C@@H](N3C(=O)c4ccccc4C3=O)[C@H]2C=Cc2ccccc2)cc1. The molecule has 158 valence electrons. The third-order valence-electron chi connectivity index (χ3n) is 5.85. The number of hydrogen-bond donors (Lipinski definition) is 0. The molecule has 2 aliphatic rings. The van der Waals surface area contributed by atoms with Crippen LogP contribution >= 0.6 is 0 Å². The smallest absolute Gasteiger partial charge is 0.262 e. The quantitative estimate of drug-likeness (QED) is 0.462. The molecular weight excluding hydrogens is 404 g/mol. The monoisotopic (exact) mass is 424 g/mol. The number of nitrogens with zero attached hydrogens (tertiary/aromatic N) is 2. The van der Waals surface area contributed by atoms with Crippen LogP contribution in [0.3, 0.4) is 0 Å². The van der Waals surface area contributed by atoms with Crippen LogP contribution in [0.2, 0.25) is 0 Å². The van der Waals surface area contributed by atoms with E-state index in [4.69, 9.17) is 4.74 Å². The van der Waals surface area contributed by atoms with Crippen LogP contribution in [0.25, 0.3) is 6.08 Å². The first-order valence-electron chi connectivity index (χ1n) is 10.3. The molecule has 6 nitrogen and oxygen atoms in total. The van der Waals surface area contributed by atoms with E-state index in [1.165, 1.54) is 0 Å². The van der Waals surface area contributed by atoms with Crippen LogP contribution in [-0.2, 0) is 4.79 Å². The maximum atomic E-state index is 13.3. The number of carbonyl (C=O) groups excluding carboxylic acids is 3. The van der Waals surface area contributed by atoms with Crippen molar-refractivity contribution in [2.75, 3.05) is 12.0 Å². The fourth-order valence-corrected chi connectivity index (χ4v) is 4.23. The number of amides is 3. The average Bonchev–Trinajstić information content (AvgIpc) is 3.08. The summed E-state index contributed by atoms with van der Waals surface area (Å²) in [5.74, 6) is -0.490. The summed E-state index contributed by atoms with van der Waals surface area (Å²) in [7, 11) is 1.58. The summed E-state index contributed by atoms with van der Waals surface area (Å²) in [4.78, 5) is 42.0. The van der Waals surface area contributed by atoms with Gasteiger partial charge in [-0.15, -0.1) is 0 Å². The van der Waals surface area contributed by atoms with Crippen molar-refractivity contribution in [1.82, 2.24) is 4.90 Å². The molecule has 3 amide bonds. The fourth-order valence-electron chi connectivity index (χ4n) is 4.23. The molecule has 6 heteroatoms. The van der Waals surface area contributed by atoms with Gasteiger partial charge in [-0.3, -0.25) is 19.3 Å². The van der Waals surface area contributed by atoms with E-state index in [0.717, 1.165) is 10.5 Å². The number of hydrogen-bond acceptors (Lipinski definition) is 4. The molecule has 0 aliphatic carbocycles. The van der Waals surface area contributed by atoms with E-state index in [2.05, 4.69) is 0 Å². The molecule has 0 saturated carbocycles. The van der Waals surface area contributed by atoms with Crippen LogP contribution in [0.1, 0.15) is 26.3 Å². The summed E-state index contributed by atoms with van der Waals surface area (Å²) in [5.41, 5.74) is 2.30. The second-order valence-electron chi connectivity index (χ2n) is 7.64. The molecule has 0 N–H and O–H groups in total. The van der Waals surface area contributed by atoms with Gasteiger partial charge in [0.05, 0.1) is 24.3 Å². The minimum atomic E-state index is -0.899. The van der Waals surface area contributed by atoms with E-state index in [1.54, 1.807) is 60.5 Å². The van der Waals surface area contributed by atoms with Crippen molar-refractivity contribution < 1.29 is 19.1 Å². The number of β-lactam (4-membered cyclic amide) rings is 1. The van der Waals surface area contributed by atoms with E-state index >= 15 is 0 Å². The first kappa shape index (κ1) is 19.8. The Bertz CT molecular complexity index is 1200. The zero-order chi connectivity index (χ0) is 22.2. The normalized spacial score (nSPS) is 20.0. The molecule has 2 atom stereocenters. The summed E-state index contributed by atoms with van der Waals surface area (Å²) >= 11 is 0. The number of benzene rings is 3. The Kier molecular flexibility index (Phi) is 4.82. The van der Waals surface area contributed by atoms with Crippen LogP contribution < -0.4 is 9.64 Å². The largest absolute Gasteiger partial charge is 0.497 e. The predicted molar refractivity (Wildman–Crippen MR) is 120 cm³/mol. The van der Waals surface area contributed by atoms with E-state index < -0.39 is 23.9 Å². The lowest BCUT2D eigenvalue weighted by molar-refractivity contribution is -0.128. The van der Waals surface area contributed by atoms with Crippen LogP contribution in [0.5, 0.6) is 5.75 Å². The molecule has 32 heavy (non-hydrogen) atoms. The number of methoxy groups -OCH3 is 1. The first-order chi connectivity index (χ1) is 15.6. The standard InChI is InChI=1S/C26H20N2O4/c1-32-19-14-12-18(13-15-19)27-22(16-11-17-7-3-2-4-8-17)23(26(27)31)28-24(29)20-9-5-6-10-21(20)25(28)30/h2-16,22-23H,1H3/t22-,23+/m1/s1. The van der Waals surface area contributed by atoms with Gasteiger partial charge in [-0.05, 0) is 42.0 Å². The Balaban J connectivity index is 1.51. The molecule has 5 rings (SSSR count). The van der Waals surface area contributed by atoms with E-state index in [0.29, 0.717) is 22.6 Å². The Hall–Kier alpha value is -4.19. The van der Waals surface area contributed by atoms with Crippen molar-refractivity contribution >= 4 is 29.5 Å². The second-order valence-corrected chi connectivity index (χ2v) is 7.64. The van der Waals surface area contributed by atoms with Crippen molar-refractivity contribution in [2.24, 2.45) is 0 Å². The molecule has 2 aliphatic heterocycles. The van der Waals surface area contributed by atoms with Crippen LogP contribution in [0.4, 0.5) is 5.69 Å². The lowest BCUT2D eigenvalue weighted by atomic mass is 9.91. The number of fused-ring (bicyclic) bond motifs is 1. The minimum Gasteiger partial charge on any atom is -0.497 e. The summed E-state index contributed by atoms with van der Waals surface area (Å²) in [5, 5.41) is 0. The summed E-state index contributed by atoms with van der Waals surface area (Å²) < 4.78 is 5.21. The molecule has 3 aromatic rings. The first-order valence-corrected chi connectivity index (χ1v) is 10.3. The maximum Gasteiger partial charge on any atom is 0.262 e. The summed E-state index contributed by atoms with van der Waals surface area (Å²) in [6.45, 7) is 0. The van der Waals surface area contributed by atoms with E-state index in [1.807, 2.05) is 42.5 Å². The molecular formula is C26H20N2O4. The van der Waals surface area contributed by atoms with E-state index in [-0.39, 0.29) is 5.91 Å². The molecule has 0 spiro atoms. The summed E-state index contributed by atoms with van der Waals surface area (Å²) in [6, 6.07) is 22.1. The number of rotatable bonds is 5. The van der Waals surface area contributed by atoms with Crippen molar-refractivity contribution in [2.45, 2.75) is 12.1 Å². The van der Waals surface area contributed by atoms with Gasteiger partial charge in [-0.1, -0.05) is 54.6 Å². The summed E-state index contributed by atoms with van der Waals surface area (Å²) in [6.07, 6.45) is 3.77. The Morgan fingerprint density at radius 3 is 1.94 bits per heavy atom. The number of carbonyl (C=O) groups is 3. The highest BCUT2D eigenvalue weighted by atomic mass is 16.5. The highest BCUT2D eigenvalue weighted by Gasteiger charge is 2.55. The third kappa shape index (κ3) is 3.08. The molecule has 1 saturated heterocycles. The molecule has 3 aromatic carbocycles. The van der Waals surface area contributed by atoms with Gasteiger partial charge in [-0.25, -0.2) is 0 Å². The third-order valence-corrected chi connectivity index (χ3v) is 5.85. The highest BCUT2D eigenvalue weighted by Crippen LogP contribution is 2.37.